The van der Waals surface area contributed by atoms with Gasteiger partial charge in [0.2, 0.25) is 5.95 Å². The lowest BCUT2D eigenvalue weighted by Crippen LogP contribution is -2.16. The molecule has 1 aromatic carbocycles. The number of aromatic nitrogens is 3. The lowest BCUT2D eigenvalue weighted by molar-refractivity contribution is 0.0696. The number of benzene rings is 1. The molecule has 0 fully saturated rings. The van der Waals surface area contributed by atoms with Crippen molar-refractivity contribution >= 4 is 21.9 Å². The third-order valence-corrected chi connectivity index (χ3v) is 3.47. The van der Waals surface area contributed by atoms with E-state index < -0.39 is 26.7 Å². The molecule has 0 amide bonds. The topological polar surface area (TPSA) is 125 Å². The zero-order chi connectivity index (χ0) is 14.0. The molecule has 10 heteroatoms. The summed E-state index contributed by atoms with van der Waals surface area (Å²) in [6.07, 6.45) is 1.06. The Labute approximate surface area is 106 Å². The number of H-pyrrole nitrogens is 1. The Morgan fingerprint density at radius 2 is 2.16 bits per heavy atom. The van der Waals surface area contributed by atoms with Crippen molar-refractivity contribution < 1.29 is 22.7 Å². The maximum Gasteiger partial charge on any atom is 0.335 e. The van der Waals surface area contributed by atoms with Crippen LogP contribution < -0.4 is 4.72 Å². The number of halogens is 1. The van der Waals surface area contributed by atoms with Crippen LogP contribution >= 0.6 is 0 Å². The monoisotopic (exact) mass is 286 g/mol. The SMILES string of the molecule is O=C(O)c1ccc(F)c(S(=O)(=O)Nc2ncn[nH]2)c1. The summed E-state index contributed by atoms with van der Waals surface area (Å²) in [4.78, 5) is 13.5. The Balaban J connectivity index is 2.45. The molecule has 0 saturated heterocycles. The van der Waals surface area contributed by atoms with Crippen molar-refractivity contribution in [3.63, 3.8) is 0 Å². The second-order valence-electron chi connectivity index (χ2n) is 3.39. The molecule has 0 saturated carbocycles. The fourth-order valence-corrected chi connectivity index (χ4v) is 2.35. The largest absolute Gasteiger partial charge is 0.478 e. The van der Waals surface area contributed by atoms with Crippen LogP contribution in [0.15, 0.2) is 29.4 Å². The Morgan fingerprint density at radius 1 is 1.42 bits per heavy atom. The predicted molar refractivity (Wildman–Crippen MR) is 60.6 cm³/mol. The zero-order valence-corrected chi connectivity index (χ0v) is 9.98. The van der Waals surface area contributed by atoms with Crippen LogP contribution in [-0.4, -0.2) is 34.7 Å². The quantitative estimate of drug-likeness (QED) is 0.749. The van der Waals surface area contributed by atoms with Gasteiger partial charge in [0.1, 0.15) is 17.0 Å². The number of carboxylic acid groups (broad SMARTS) is 1. The molecular formula is C9H7FN4O4S. The van der Waals surface area contributed by atoms with Crippen molar-refractivity contribution in [3.05, 3.63) is 35.9 Å². The number of aromatic amines is 1. The summed E-state index contributed by atoms with van der Waals surface area (Å²) < 4.78 is 39.2. The Kier molecular flexibility index (Phi) is 3.17. The summed E-state index contributed by atoms with van der Waals surface area (Å²) in [5.74, 6) is -2.65. The molecule has 0 bridgehead atoms. The lowest BCUT2D eigenvalue weighted by atomic mass is 10.2. The van der Waals surface area contributed by atoms with Gasteiger partial charge in [-0.1, -0.05) is 0 Å². The van der Waals surface area contributed by atoms with E-state index in [1.807, 2.05) is 4.72 Å². The average Bonchev–Trinajstić information content (AvgIpc) is 2.81. The number of rotatable bonds is 4. The minimum atomic E-state index is -4.29. The molecule has 1 aromatic heterocycles. The highest BCUT2D eigenvalue weighted by atomic mass is 32.2. The molecule has 0 spiro atoms. The molecular weight excluding hydrogens is 279 g/mol. The van der Waals surface area contributed by atoms with Gasteiger partial charge in [-0.15, -0.1) is 0 Å². The normalized spacial score (nSPS) is 11.2. The minimum absolute atomic E-state index is 0.208. The first-order chi connectivity index (χ1) is 8.90. The fourth-order valence-electron chi connectivity index (χ4n) is 1.28. The Morgan fingerprint density at radius 3 is 2.74 bits per heavy atom. The molecule has 8 nitrogen and oxygen atoms in total. The zero-order valence-electron chi connectivity index (χ0n) is 9.16. The minimum Gasteiger partial charge on any atom is -0.478 e. The van der Waals surface area contributed by atoms with Gasteiger partial charge in [0.15, 0.2) is 0 Å². The molecule has 0 atom stereocenters. The Bertz CT molecular complexity index is 714. The van der Waals surface area contributed by atoms with E-state index in [9.17, 15) is 17.6 Å². The number of nitrogens with one attached hydrogen (secondary N) is 2. The number of hydrogen-bond acceptors (Lipinski definition) is 5. The highest BCUT2D eigenvalue weighted by Crippen LogP contribution is 2.18. The van der Waals surface area contributed by atoms with Gasteiger partial charge in [0.25, 0.3) is 10.0 Å². The standard InChI is InChI=1S/C9H7FN4O4S/c10-6-2-1-5(8(15)16)3-7(6)19(17,18)14-9-11-4-12-13-9/h1-4H,(H,15,16)(H2,11,12,13,14). The number of nitrogens with zero attached hydrogens (tertiary/aromatic N) is 2. The Hall–Kier alpha value is -2.49. The maximum absolute atomic E-state index is 13.5. The van der Waals surface area contributed by atoms with Crippen LogP contribution in [-0.2, 0) is 10.0 Å². The number of hydrogen-bond donors (Lipinski definition) is 3. The summed E-state index contributed by atoms with van der Waals surface area (Å²) in [6, 6.07) is 2.44. The van der Waals surface area contributed by atoms with Crippen molar-refractivity contribution in [1.82, 2.24) is 15.2 Å². The van der Waals surface area contributed by atoms with Crippen molar-refractivity contribution in [3.8, 4) is 0 Å². The van der Waals surface area contributed by atoms with Crippen LogP contribution in [0.3, 0.4) is 0 Å². The molecule has 0 unspecified atom stereocenters. The van der Waals surface area contributed by atoms with Gasteiger partial charge in [0.05, 0.1) is 5.56 Å². The molecule has 2 rings (SSSR count). The molecule has 0 radical (unpaired) electrons. The molecule has 0 aliphatic carbocycles. The van der Waals surface area contributed by atoms with Crippen molar-refractivity contribution in [2.24, 2.45) is 0 Å². The van der Waals surface area contributed by atoms with E-state index in [1.54, 1.807) is 0 Å². The summed E-state index contributed by atoms with van der Waals surface area (Å²) in [6.45, 7) is 0. The van der Waals surface area contributed by atoms with E-state index in [1.165, 1.54) is 0 Å². The molecule has 1 heterocycles. The molecule has 100 valence electrons. The number of anilines is 1. The van der Waals surface area contributed by atoms with E-state index in [0.717, 1.165) is 24.5 Å². The third-order valence-electron chi connectivity index (χ3n) is 2.11. The molecule has 3 N–H and O–H groups in total. The predicted octanol–water partition coefficient (Wildman–Crippen LogP) is 0.443. The molecule has 19 heavy (non-hydrogen) atoms. The van der Waals surface area contributed by atoms with E-state index in [-0.39, 0.29) is 11.5 Å². The molecule has 0 aliphatic rings. The molecule has 0 aliphatic heterocycles. The highest BCUT2D eigenvalue weighted by Gasteiger charge is 2.22. The lowest BCUT2D eigenvalue weighted by Gasteiger charge is -2.06. The van der Waals surface area contributed by atoms with Gasteiger partial charge < -0.3 is 5.11 Å². The summed E-state index contributed by atoms with van der Waals surface area (Å²) >= 11 is 0. The van der Waals surface area contributed by atoms with Gasteiger partial charge in [-0.2, -0.15) is 10.1 Å². The van der Waals surface area contributed by atoms with Gasteiger partial charge in [0, 0.05) is 0 Å². The van der Waals surface area contributed by atoms with Crippen LogP contribution in [0.5, 0.6) is 0 Å². The number of carboxylic acids is 1. The number of aromatic carboxylic acids is 1. The average molecular weight is 286 g/mol. The van der Waals surface area contributed by atoms with Gasteiger partial charge in [-0.3, -0.25) is 0 Å². The van der Waals surface area contributed by atoms with Crippen molar-refractivity contribution in [2.75, 3.05) is 4.72 Å². The van der Waals surface area contributed by atoms with Crippen LogP contribution in [0, 0.1) is 5.82 Å². The van der Waals surface area contributed by atoms with Crippen LogP contribution in [0.25, 0.3) is 0 Å². The molecule has 2 aromatic rings. The summed E-state index contributed by atoms with van der Waals surface area (Å²) in [5, 5.41) is 14.4. The first-order valence-electron chi connectivity index (χ1n) is 4.81. The third kappa shape index (κ3) is 2.68. The second kappa shape index (κ2) is 4.65. The number of carbonyl (C=O) groups is 1. The van der Waals surface area contributed by atoms with Crippen molar-refractivity contribution in [2.45, 2.75) is 4.90 Å². The van der Waals surface area contributed by atoms with Crippen LogP contribution in [0.2, 0.25) is 0 Å². The smallest absolute Gasteiger partial charge is 0.335 e. The van der Waals surface area contributed by atoms with Crippen LogP contribution in [0.1, 0.15) is 10.4 Å². The summed E-state index contributed by atoms with van der Waals surface area (Å²) in [5.41, 5.74) is -0.348. The van der Waals surface area contributed by atoms with Gasteiger partial charge in [-0.05, 0) is 18.2 Å². The van der Waals surface area contributed by atoms with Gasteiger partial charge >= 0.3 is 5.97 Å². The second-order valence-corrected chi connectivity index (χ2v) is 5.04. The van der Waals surface area contributed by atoms with Crippen LogP contribution in [0.4, 0.5) is 10.3 Å². The van der Waals surface area contributed by atoms with E-state index in [2.05, 4.69) is 15.2 Å². The van der Waals surface area contributed by atoms with E-state index >= 15 is 0 Å². The maximum atomic E-state index is 13.5. The van der Waals surface area contributed by atoms with Gasteiger partial charge in [-0.25, -0.2) is 27.4 Å². The van der Waals surface area contributed by atoms with E-state index in [0.29, 0.717) is 0 Å². The first kappa shape index (κ1) is 13.0. The first-order valence-corrected chi connectivity index (χ1v) is 6.29. The van der Waals surface area contributed by atoms with Crippen molar-refractivity contribution in [1.29, 1.82) is 0 Å². The summed E-state index contributed by atoms with van der Waals surface area (Å²) in [7, 11) is -4.29. The fraction of sp³-hybridized carbons (Fsp3) is 0. The van der Waals surface area contributed by atoms with E-state index in [4.69, 9.17) is 5.11 Å². The highest BCUT2D eigenvalue weighted by molar-refractivity contribution is 7.92. The number of sulfonamides is 1.